The highest BCUT2D eigenvalue weighted by Gasteiger charge is 2.29. The molecular formula is C21H37IN6OS. The smallest absolute Gasteiger partial charge is 0.225 e. The van der Waals surface area contributed by atoms with Gasteiger partial charge in [-0.2, -0.15) is 0 Å². The molecule has 2 fully saturated rings. The summed E-state index contributed by atoms with van der Waals surface area (Å²) in [6, 6.07) is 0. The number of amides is 1. The Morgan fingerprint density at radius 1 is 1.17 bits per heavy atom. The van der Waals surface area contributed by atoms with E-state index in [2.05, 4.69) is 32.3 Å². The van der Waals surface area contributed by atoms with Gasteiger partial charge in [0.15, 0.2) is 5.96 Å². The molecule has 1 amide bonds. The number of nitrogens with zero attached hydrogens (tertiary/aromatic N) is 4. The zero-order valence-electron chi connectivity index (χ0n) is 18.6. The fraction of sp³-hybridized carbons (Fsp3) is 0.762. The van der Waals surface area contributed by atoms with E-state index >= 15 is 0 Å². The highest BCUT2D eigenvalue weighted by Crippen LogP contribution is 2.26. The first-order valence-electron chi connectivity index (χ1n) is 11.0. The van der Waals surface area contributed by atoms with Crippen LogP contribution in [0.25, 0.3) is 0 Å². The number of carbonyl (C=O) groups is 1. The van der Waals surface area contributed by atoms with Crippen LogP contribution in [-0.4, -0.2) is 72.5 Å². The molecule has 1 aliphatic carbocycles. The molecular weight excluding hydrogens is 511 g/mol. The van der Waals surface area contributed by atoms with Crippen LogP contribution < -0.4 is 10.6 Å². The molecule has 1 saturated heterocycles. The molecule has 0 bridgehead atoms. The number of rotatable bonds is 7. The van der Waals surface area contributed by atoms with Crippen LogP contribution in [0.15, 0.2) is 4.99 Å². The van der Waals surface area contributed by atoms with Gasteiger partial charge in [-0.3, -0.25) is 9.69 Å². The average molecular weight is 549 g/mol. The van der Waals surface area contributed by atoms with E-state index in [1.165, 1.54) is 17.7 Å². The number of hydrogen-bond acceptors (Lipinski definition) is 5. The van der Waals surface area contributed by atoms with Gasteiger partial charge in [0.2, 0.25) is 5.91 Å². The lowest BCUT2D eigenvalue weighted by Crippen LogP contribution is -2.51. The topological polar surface area (TPSA) is 72.9 Å². The summed E-state index contributed by atoms with van der Waals surface area (Å²) in [5.41, 5.74) is 1.08. The maximum Gasteiger partial charge on any atom is 0.225 e. The Balaban J connectivity index is 0.00000320. The first-order valence-corrected chi connectivity index (χ1v) is 11.8. The lowest BCUT2D eigenvalue weighted by molar-refractivity contribution is -0.137. The third-order valence-corrected chi connectivity index (χ3v) is 6.89. The Labute approximate surface area is 202 Å². The Morgan fingerprint density at radius 2 is 1.87 bits per heavy atom. The van der Waals surface area contributed by atoms with Crippen LogP contribution in [0.3, 0.4) is 0 Å². The van der Waals surface area contributed by atoms with Gasteiger partial charge in [0, 0.05) is 56.6 Å². The van der Waals surface area contributed by atoms with E-state index in [9.17, 15) is 4.79 Å². The minimum atomic E-state index is 0. The van der Waals surface area contributed by atoms with Gasteiger partial charge >= 0.3 is 0 Å². The van der Waals surface area contributed by atoms with E-state index in [4.69, 9.17) is 4.99 Å². The molecule has 3 rings (SSSR count). The molecule has 7 nitrogen and oxygen atoms in total. The van der Waals surface area contributed by atoms with Crippen molar-refractivity contribution >= 4 is 47.2 Å². The van der Waals surface area contributed by atoms with Crippen molar-refractivity contribution in [2.45, 2.75) is 53.0 Å². The summed E-state index contributed by atoms with van der Waals surface area (Å²) in [4.78, 5) is 27.5. The molecule has 2 N–H and O–H groups in total. The maximum atomic E-state index is 12.6. The van der Waals surface area contributed by atoms with Crippen molar-refractivity contribution in [1.82, 2.24) is 25.4 Å². The summed E-state index contributed by atoms with van der Waals surface area (Å²) in [5.74, 6) is 1.55. The summed E-state index contributed by atoms with van der Waals surface area (Å²) in [6.45, 7) is 13.2. The zero-order valence-corrected chi connectivity index (χ0v) is 21.7. The van der Waals surface area contributed by atoms with Gasteiger partial charge in [-0.15, -0.1) is 35.3 Å². The number of aliphatic imine (C=N–C) groups is 1. The molecule has 2 heterocycles. The molecule has 30 heavy (non-hydrogen) atoms. The Hall–Kier alpha value is -0.940. The number of guanidine groups is 1. The van der Waals surface area contributed by atoms with Crippen LogP contribution >= 0.6 is 35.3 Å². The highest BCUT2D eigenvalue weighted by molar-refractivity contribution is 14.0. The second-order valence-electron chi connectivity index (χ2n) is 8.01. The summed E-state index contributed by atoms with van der Waals surface area (Å²) < 4.78 is 0. The third kappa shape index (κ3) is 7.33. The van der Waals surface area contributed by atoms with Gasteiger partial charge in [0.05, 0.1) is 17.2 Å². The molecule has 0 spiro atoms. The van der Waals surface area contributed by atoms with Crippen molar-refractivity contribution in [3.05, 3.63) is 15.6 Å². The number of thiazole rings is 1. The van der Waals surface area contributed by atoms with Gasteiger partial charge in [0.25, 0.3) is 0 Å². The Morgan fingerprint density at radius 3 is 2.47 bits per heavy atom. The van der Waals surface area contributed by atoms with Crippen molar-refractivity contribution in [1.29, 1.82) is 0 Å². The monoisotopic (exact) mass is 548 g/mol. The van der Waals surface area contributed by atoms with Crippen molar-refractivity contribution in [2.75, 3.05) is 45.8 Å². The SMILES string of the molecule is CCNC(=NCc1sc(C)nc1C)NCCN1CCN(C(=O)C2CCCC2)CC1.I. The van der Waals surface area contributed by atoms with Crippen molar-refractivity contribution < 1.29 is 4.79 Å². The molecule has 0 atom stereocenters. The maximum absolute atomic E-state index is 12.6. The van der Waals surface area contributed by atoms with E-state index in [0.29, 0.717) is 18.4 Å². The minimum absolute atomic E-state index is 0. The number of piperazine rings is 1. The van der Waals surface area contributed by atoms with Crippen LogP contribution in [0.2, 0.25) is 0 Å². The standard InChI is InChI=1S/C21H36N6OS.HI/c1-4-22-21(24-15-19-16(2)25-17(3)29-19)23-9-10-26-11-13-27(14-12-26)20(28)18-7-5-6-8-18;/h18H,4-15H2,1-3H3,(H2,22,23,24);1H. The number of nitrogens with one attached hydrogen (secondary N) is 2. The van der Waals surface area contributed by atoms with E-state index in [1.54, 1.807) is 11.3 Å². The van der Waals surface area contributed by atoms with Gasteiger partial charge < -0.3 is 15.5 Å². The first-order chi connectivity index (χ1) is 14.1. The molecule has 1 aliphatic heterocycles. The normalized spacial score (nSPS) is 18.4. The second-order valence-corrected chi connectivity index (χ2v) is 9.30. The fourth-order valence-electron chi connectivity index (χ4n) is 4.17. The number of hydrogen-bond donors (Lipinski definition) is 2. The van der Waals surface area contributed by atoms with Crippen LogP contribution in [-0.2, 0) is 11.3 Å². The molecule has 1 aromatic heterocycles. The van der Waals surface area contributed by atoms with E-state index in [-0.39, 0.29) is 24.0 Å². The third-order valence-electron chi connectivity index (χ3n) is 5.83. The first kappa shape index (κ1) is 25.3. The van der Waals surface area contributed by atoms with Crippen molar-refractivity contribution in [3.8, 4) is 0 Å². The molecule has 1 saturated carbocycles. The quantitative estimate of drug-likeness (QED) is 0.312. The fourth-order valence-corrected chi connectivity index (χ4v) is 5.03. The molecule has 0 aromatic carbocycles. The second kappa shape index (κ2) is 12.8. The minimum Gasteiger partial charge on any atom is -0.357 e. The van der Waals surface area contributed by atoms with Crippen LogP contribution in [0.1, 0.15) is 48.2 Å². The number of halogens is 1. The molecule has 2 aliphatic rings. The largest absolute Gasteiger partial charge is 0.357 e. The average Bonchev–Trinajstić information content (AvgIpc) is 3.36. The highest BCUT2D eigenvalue weighted by atomic mass is 127. The van der Waals surface area contributed by atoms with Crippen LogP contribution in [0.5, 0.6) is 0 Å². The molecule has 170 valence electrons. The molecule has 9 heteroatoms. The summed E-state index contributed by atoms with van der Waals surface area (Å²) >= 11 is 1.72. The predicted octanol–water partition coefficient (Wildman–Crippen LogP) is 2.77. The molecule has 1 aromatic rings. The summed E-state index contributed by atoms with van der Waals surface area (Å²) in [6.07, 6.45) is 4.63. The predicted molar refractivity (Wildman–Crippen MR) is 135 cm³/mol. The van der Waals surface area contributed by atoms with Gasteiger partial charge in [-0.25, -0.2) is 9.98 Å². The van der Waals surface area contributed by atoms with E-state index in [1.807, 2.05) is 13.8 Å². The Bertz CT molecular complexity index is 696. The van der Waals surface area contributed by atoms with Crippen LogP contribution in [0, 0.1) is 19.8 Å². The zero-order chi connectivity index (χ0) is 20.6. The van der Waals surface area contributed by atoms with E-state index < -0.39 is 0 Å². The molecule has 0 radical (unpaired) electrons. The van der Waals surface area contributed by atoms with Gasteiger partial charge in [-0.1, -0.05) is 12.8 Å². The Kier molecular flexibility index (Phi) is 10.8. The lowest BCUT2D eigenvalue weighted by atomic mass is 10.1. The van der Waals surface area contributed by atoms with Gasteiger partial charge in [0.1, 0.15) is 0 Å². The number of aromatic nitrogens is 1. The van der Waals surface area contributed by atoms with Crippen molar-refractivity contribution in [2.24, 2.45) is 10.9 Å². The number of aryl methyl sites for hydroxylation is 2. The van der Waals surface area contributed by atoms with Gasteiger partial charge in [-0.05, 0) is 33.6 Å². The van der Waals surface area contributed by atoms with E-state index in [0.717, 1.165) is 75.3 Å². The van der Waals surface area contributed by atoms with Crippen molar-refractivity contribution in [3.63, 3.8) is 0 Å². The summed E-state index contributed by atoms with van der Waals surface area (Å²) in [5, 5.41) is 7.86. The molecule has 0 unspecified atom stereocenters. The summed E-state index contributed by atoms with van der Waals surface area (Å²) in [7, 11) is 0. The lowest BCUT2D eigenvalue weighted by Gasteiger charge is -2.36. The van der Waals surface area contributed by atoms with Crippen LogP contribution in [0.4, 0.5) is 0 Å². The number of carbonyl (C=O) groups excluding carboxylic acids is 1.